The van der Waals surface area contributed by atoms with E-state index in [0.29, 0.717) is 0 Å². The quantitative estimate of drug-likeness (QED) is 0.613. The minimum absolute atomic E-state index is 0.867. The zero-order chi connectivity index (χ0) is 9.68. The van der Waals surface area contributed by atoms with Crippen molar-refractivity contribution in [3.8, 4) is 0 Å². The molecule has 76 valence electrons. The Morgan fingerprint density at radius 2 is 2.15 bits per heavy atom. The highest BCUT2D eigenvalue weighted by atomic mass is 32.2. The molecule has 1 rings (SSSR count). The van der Waals surface area contributed by atoms with Crippen LogP contribution in [0.5, 0.6) is 0 Å². The van der Waals surface area contributed by atoms with Gasteiger partial charge >= 0.3 is 0 Å². The predicted octanol–water partition coefficient (Wildman–Crippen LogP) is 4.52. The first-order valence-corrected chi connectivity index (χ1v) is 7.18. The maximum absolute atomic E-state index is 2.39. The summed E-state index contributed by atoms with van der Waals surface area (Å²) in [5, 5.41) is 3.16. The van der Waals surface area contributed by atoms with Gasteiger partial charge in [-0.05, 0) is 34.8 Å². The molecule has 0 aromatic heterocycles. The average Bonchev–Trinajstić information content (AvgIpc) is 2.94. The molecule has 2 atom stereocenters. The summed E-state index contributed by atoms with van der Waals surface area (Å²) in [7, 11) is 0. The number of allylic oxidation sites excluding steroid dienone is 1. The predicted molar refractivity (Wildman–Crippen MR) is 66.3 cm³/mol. The van der Waals surface area contributed by atoms with Crippen LogP contribution in [0.1, 0.15) is 40.0 Å². The third kappa shape index (κ3) is 4.46. The van der Waals surface area contributed by atoms with E-state index in [-0.39, 0.29) is 0 Å². The molecule has 2 heteroatoms. The third-order valence-electron chi connectivity index (χ3n) is 2.50. The molecule has 0 saturated carbocycles. The molecule has 0 amide bonds. The highest BCUT2D eigenvalue weighted by Crippen LogP contribution is 2.42. The van der Waals surface area contributed by atoms with Crippen LogP contribution in [-0.4, -0.2) is 11.0 Å². The summed E-state index contributed by atoms with van der Waals surface area (Å²) in [6, 6.07) is 0. The molecular formula is C11H20S2. The minimum Gasteiger partial charge on any atom is -0.158 e. The lowest BCUT2D eigenvalue weighted by atomic mass is 10.0. The van der Waals surface area contributed by atoms with Crippen molar-refractivity contribution >= 4 is 23.5 Å². The Morgan fingerprint density at radius 3 is 2.62 bits per heavy atom. The van der Waals surface area contributed by atoms with Gasteiger partial charge in [0.1, 0.15) is 0 Å². The summed E-state index contributed by atoms with van der Waals surface area (Å²) in [6.45, 7) is 6.96. The lowest BCUT2D eigenvalue weighted by Crippen LogP contribution is -2.13. The minimum atomic E-state index is 0.867. The monoisotopic (exact) mass is 216 g/mol. The van der Waals surface area contributed by atoms with Crippen molar-refractivity contribution in [2.24, 2.45) is 5.92 Å². The van der Waals surface area contributed by atoms with E-state index < -0.39 is 0 Å². The maximum atomic E-state index is 2.39. The maximum Gasteiger partial charge on any atom is 0.0118 e. The van der Waals surface area contributed by atoms with E-state index in [1.54, 1.807) is 4.91 Å². The summed E-state index contributed by atoms with van der Waals surface area (Å²) in [5.74, 6) is 2.20. The summed E-state index contributed by atoms with van der Waals surface area (Å²) >= 11 is 4.10. The average molecular weight is 216 g/mol. The van der Waals surface area contributed by atoms with Crippen LogP contribution >= 0.6 is 23.5 Å². The lowest BCUT2D eigenvalue weighted by Gasteiger charge is -2.21. The molecule has 0 saturated heterocycles. The molecule has 0 aromatic rings. The normalized spacial score (nSPS) is 19.5. The van der Waals surface area contributed by atoms with Gasteiger partial charge in [-0.25, -0.2) is 0 Å². The first kappa shape index (κ1) is 11.5. The standard InChI is InChI=1S/C11H20S2/c1-4-6-12-11(9(3)5-2)7-10-8-13-10/h8-9,11H,4-7H2,1-3H3. The van der Waals surface area contributed by atoms with E-state index in [4.69, 9.17) is 0 Å². The van der Waals surface area contributed by atoms with Gasteiger partial charge in [-0.15, -0.1) is 11.8 Å². The fraction of sp³-hybridized carbons (Fsp3) is 0.818. The van der Waals surface area contributed by atoms with Crippen LogP contribution in [0.2, 0.25) is 0 Å². The van der Waals surface area contributed by atoms with Gasteiger partial charge in [0, 0.05) is 5.25 Å². The Labute approximate surface area is 90.9 Å². The molecule has 0 N–H and O–H groups in total. The Balaban J connectivity index is 2.27. The Bertz CT molecular complexity index is 175. The van der Waals surface area contributed by atoms with Gasteiger partial charge in [-0.3, -0.25) is 0 Å². The molecule has 0 aliphatic carbocycles. The smallest absolute Gasteiger partial charge is 0.0118 e. The number of thioether (sulfide) groups is 2. The van der Waals surface area contributed by atoms with Crippen LogP contribution in [0, 0.1) is 5.92 Å². The molecule has 2 unspecified atom stereocenters. The molecule has 0 nitrogen and oxygen atoms in total. The van der Waals surface area contributed by atoms with Crippen LogP contribution < -0.4 is 0 Å². The number of hydrogen-bond acceptors (Lipinski definition) is 2. The van der Waals surface area contributed by atoms with E-state index >= 15 is 0 Å². The number of hydrogen-bond donors (Lipinski definition) is 0. The molecule has 13 heavy (non-hydrogen) atoms. The first-order chi connectivity index (χ1) is 6.27. The van der Waals surface area contributed by atoms with Crippen LogP contribution in [0.4, 0.5) is 0 Å². The van der Waals surface area contributed by atoms with Gasteiger partial charge in [-0.2, -0.15) is 11.8 Å². The van der Waals surface area contributed by atoms with Crippen molar-refractivity contribution in [3.63, 3.8) is 0 Å². The second kappa shape index (κ2) is 6.02. The molecule has 0 fully saturated rings. The van der Waals surface area contributed by atoms with Gasteiger partial charge in [0.2, 0.25) is 0 Å². The molecule has 1 aliphatic heterocycles. The molecule has 0 aromatic carbocycles. The van der Waals surface area contributed by atoms with Crippen molar-refractivity contribution in [2.45, 2.75) is 45.3 Å². The summed E-state index contributed by atoms with van der Waals surface area (Å²) in [5.41, 5.74) is 0. The lowest BCUT2D eigenvalue weighted by molar-refractivity contribution is 0.535. The Hall–Kier alpha value is 0.440. The highest BCUT2D eigenvalue weighted by Gasteiger charge is 2.21. The highest BCUT2D eigenvalue weighted by molar-refractivity contribution is 8.12. The molecule has 0 bridgehead atoms. The Kier molecular flexibility index (Phi) is 5.34. The Morgan fingerprint density at radius 1 is 1.46 bits per heavy atom. The van der Waals surface area contributed by atoms with Gasteiger partial charge in [-0.1, -0.05) is 27.2 Å². The molecule has 1 aliphatic rings. The molecule has 1 heterocycles. The second-order valence-electron chi connectivity index (χ2n) is 3.70. The van der Waals surface area contributed by atoms with Crippen molar-refractivity contribution in [2.75, 3.05) is 5.75 Å². The van der Waals surface area contributed by atoms with E-state index in [9.17, 15) is 0 Å². The van der Waals surface area contributed by atoms with Gasteiger partial charge in [0.25, 0.3) is 0 Å². The molecular weight excluding hydrogens is 196 g/mol. The van der Waals surface area contributed by atoms with E-state index in [1.807, 2.05) is 11.8 Å². The SMILES string of the molecule is CCCSC(CC1=CS1)C(C)CC. The second-order valence-corrected chi connectivity index (χ2v) is 6.04. The van der Waals surface area contributed by atoms with Crippen molar-refractivity contribution in [1.29, 1.82) is 0 Å². The van der Waals surface area contributed by atoms with Crippen molar-refractivity contribution in [3.05, 3.63) is 10.3 Å². The summed E-state index contributed by atoms with van der Waals surface area (Å²) in [4.78, 5) is 1.62. The van der Waals surface area contributed by atoms with Crippen LogP contribution in [0.15, 0.2) is 10.3 Å². The van der Waals surface area contributed by atoms with Gasteiger partial charge in [0.15, 0.2) is 0 Å². The zero-order valence-electron chi connectivity index (χ0n) is 8.88. The number of rotatable bonds is 7. The molecule has 0 spiro atoms. The van der Waals surface area contributed by atoms with E-state index in [0.717, 1.165) is 11.2 Å². The van der Waals surface area contributed by atoms with Crippen LogP contribution in [0.3, 0.4) is 0 Å². The topological polar surface area (TPSA) is 0 Å². The van der Waals surface area contributed by atoms with E-state index in [2.05, 4.69) is 37.9 Å². The fourth-order valence-corrected chi connectivity index (χ4v) is 3.21. The largest absolute Gasteiger partial charge is 0.158 e. The first-order valence-electron chi connectivity index (χ1n) is 5.25. The van der Waals surface area contributed by atoms with Gasteiger partial charge in [0.05, 0.1) is 0 Å². The van der Waals surface area contributed by atoms with Crippen LogP contribution in [-0.2, 0) is 0 Å². The van der Waals surface area contributed by atoms with Crippen molar-refractivity contribution in [1.82, 2.24) is 0 Å². The van der Waals surface area contributed by atoms with Gasteiger partial charge < -0.3 is 0 Å². The van der Waals surface area contributed by atoms with Crippen molar-refractivity contribution < 1.29 is 0 Å². The third-order valence-corrected chi connectivity index (χ3v) is 4.94. The zero-order valence-corrected chi connectivity index (χ0v) is 10.5. The summed E-state index contributed by atoms with van der Waals surface area (Å²) < 4.78 is 0. The fourth-order valence-electron chi connectivity index (χ4n) is 1.29. The molecule has 0 radical (unpaired) electrons. The van der Waals surface area contributed by atoms with E-state index in [1.165, 1.54) is 25.0 Å². The van der Waals surface area contributed by atoms with Crippen LogP contribution in [0.25, 0.3) is 0 Å². The summed E-state index contributed by atoms with van der Waals surface area (Å²) in [6.07, 6.45) is 3.95.